The van der Waals surface area contributed by atoms with Crippen LogP contribution in [0, 0.1) is 22.7 Å². The molecule has 0 amide bonds. The quantitative estimate of drug-likeness (QED) is 0.520. The van der Waals surface area contributed by atoms with E-state index < -0.39 is 0 Å². The van der Waals surface area contributed by atoms with Crippen LogP contribution in [0.5, 0.6) is 0 Å². The summed E-state index contributed by atoms with van der Waals surface area (Å²) in [4.78, 5) is 1.92. The van der Waals surface area contributed by atoms with Crippen molar-refractivity contribution in [3.8, 4) is 12.1 Å². The highest BCUT2D eigenvalue weighted by Crippen LogP contribution is 2.00. The van der Waals surface area contributed by atoms with Gasteiger partial charge in [-0.3, -0.25) is 0 Å². The Labute approximate surface area is 71.3 Å². The molecule has 12 heavy (non-hydrogen) atoms. The molecule has 4 heteroatoms. The first kappa shape index (κ1) is 8.58. The van der Waals surface area contributed by atoms with Crippen molar-refractivity contribution < 1.29 is 4.74 Å². The normalized spacial score (nSPS) is 16.0. The predicted molar refractivity (Wildman–Crippen MR) is 41.7 cm³/mol. The van der Waals surface area contributed by atoms with E-state index >= 15 is 0 Å². The summed E-state index contributed by atoms with van der Waals surface area (Å²) in [5.41, 5.74) is 0.150. The second kappa shape index (κ2) is 4.38. The summed E-state index contributed by atoms with van der Waals surface area (Å²) >= 11 is 0. The lowest BCUT2D eigenvalue weighted by Crippen LogP contribution is -2.32. The second-order valence-electron chi connectivity index (χ2n) is 2.41. The van der Waals surface area contributed by atoms with Gasteiger partial charge in [0.1, 0.15) is 17.7 Å². The molecule has 0 unspecified atom stereocenters. The highest BCUT2D eigenvalue weighted by molar-refractivity contribution is 5.34. The molecule has 1 saturated heterocycles. The molecule has 0 aromatic rings. The van der Waals surface area contributed by atoms with E-state index in [0.717, 1.165) is 13.1 Å². The number of hydrogen-bond acceptors (Lipinski definition) is 4. The van der Waals surface area contributed by atoms with E-state index in [0.29, 0.717) is 13.2 Å². The Morgan fingerprint density at radius 2 is 1.83 bits per heavy atom. The topological polar surface area (TPSA) is 60.0 Å². The molecule has 1 aliphatic rings. The number of nitrogens with zero attached hydrogens (tertiary/aromatic N) is 3. The zero-order valence-corrected chi connectivity index (χ0v) is 6.66. The molecule has 0 aromatic carbocycles. The second-order valence-corrected chi connectivity index (χ2v) is 2.41. The molecule has 0 N–H and O–H groups in total. The van der Waals surface area contributed by atoms with Crippen molar-refractivity contribution in [2.45, 2.75) is 0 Å². The van der Waals surface area contributed by atoms with Gasteiger partial charge in [0, 0.05) is 19.3 Å². The lowest BCUT2D eigenvalue weighted by molar-refractivity contribution is 0.0592. The molecule has 1 heterocycles. The standard InChI is InChI=1S/C8H9N3O/c9-5-8(6-10)7-11-1-3-12-4-2-11/h7H,1-4H2. The maximum absolute atomic E-state index is 8.46. The van der Waals surface area contributed by atoms with Crippen LogP contribution < -0.4 is 0 Å². The third-order valence-corrected chi connectivity index (χ3v) is 1.60. The molecule has 0 atom stereocenters. The highest BCUT2D eigenvalue weighted by Gasteiger charge is 2.06. The van der Waals surface area contributed by atoms with E-state index in [9.17, 15) is 0 Å². The van der Waals surface area contributed by atoms with Crippen LogP contribution in [0.25, 0.3) is 0 Å². The van der Waals surface area contributed by atoms with Gasteiger partial charge in [-0.25, -0.2) is 0 Å². The number of rotatable bonds is 1. The number of allylic oxidation sites excluding steroid dienone is 1. The van der Waals surface area contributed by atoms with Gasteiger partial charge in [0.05, 0.1) is 13.2 Å². The van der Waals surface area contributed by atoms with E-state index in [4.69, 9.17) is 15.3 Å². The molecule has 0 saturated carbocycles. The summed E-state index contributed by atoms with van der Waals surface area (Å²) in [6.45, 7) is 2.85. The van der Waals surface area contributed by atoms with Gasteiger partial charge >= 0.3 is 0 Å². The van der Waals surface area contributed by atoms with Gasteiger partial charge < -0.3 is 9.64 Å². The van der Waals surface area contributed by atoms with E-state index in [1.165, 1.54) is 0 Å². The van der Waals surface area contributed by atoms with Crippen molar-refractivity contribution >= 4 is 0 Å². The van der Waals surface area contributed by atoms with Crippen molar-refractivity contribution in [2.24, 2.45) is 0 Å². The first-order chi connectivity index (χ1) is 5.86. The number of hydrogen-bond donors (Lipinski definition) is 0. The molecule has 62 valence electrons. The van der Waals surface area contributed by atoms with E-state index in [2.05, 4.69) is 0 Å². The number of morpholine rings is 1. The van der Waals surface area contributed by atoms with Gasteiger partial charge in [0.25, 0.3) is 0 Å². The fourth-order valence-electron chi connectivity index (χ4n) is 0.972. The molecule has 1 rings (SSSR count). The smallest absolute Gasteiger partial charge is 0.145 e. The van der Waals surface area contributed by atoms with Gasteiger partial charge in [-0.2, -0.15) is 10.5 Å². The Bertz CT molecular complexity index is 236. The average Bonchev–Trinajstić information content (AvgIpc) is 2.16. The Hall–Kier alpha value is -1.52. The Morgan fingerprint density at radius 3 is 2.33 bits per heavy atom. The molecule has 1 aliphatic heterocycles. The molecular formula is C8H9N3O. The third-order valence-electron chi connectivity index (χ3n) is 1.60. The summed E-state index contributed by atoms with van der Waals surface area (Å²) in [5, 5.41) is 16.9. The van der Waals surface area contributed by atoms with E-state index in [1.54, 1.807) is 6.20 Å². The Morgan fingerprint density at radius 1 is 1.25 bits per heavy atom. The maximum atomic E-state index is 8.46. The average molecular weight is 163 g/mol. The summed E-state index contributed by atoms with van der Waals surface area (Å²) in [5.74, 6) is 0. The van der Waals surface area contributed by atoms with Crippen LogP contribution in [0.4, 0.5) is 0 Å². The minimum atomic E-state index is 0.150. The van der Waals surface area contributed by atoms with Gasteiger partial charge in [0.2, 0.25) is 0 Å². The lowest BCUT2D eigenvalue weighted by atomic mass is 10.3. The minimum absolute atomic E-state index is 0.150. The van der Waals surface area contributed by atoms with Crippen LogP contribution in [0.1, 0.15) is 0 Å². The molecule has 1 fully saturated rings. The minimum Gasteiger partial charge on any atom is -0.378 e. The molecule has 0 aromatic heterocycles. The van der Waals surface area contributed by atoms with Gasteiger partial charge in [-0.05, 0) is 0 Å². The van der Waals surface area contributed by atoms with Gasteiger partial charge in [0.15, 0.2) is 0 Å². The highest BCUT2D eigenvalue weighted by atomic mass is 16.5. The molecule has 0 bridgehead atoms. The molecular weight excluding hydrogens is 154 g/mol. The van der Waals surface area contributed by atoms with E-state index in [1.807, 2.05) is 17.0 Å². The van der Waals surface area contributed by atoms with Crippen molar-refractivity contribution in [1.82, 2.24) is 4.90 Å². The zero-order chi connectivity index (χ0) is 8.81. The van der Waals surface area contributed by atoms with Crippen LogP contribution in [0.2, 0.25) is 0 Å². The largest absolute Gasteiger partial charge is 0.378 e. The first-order valence-electron chi connectivity index (χ1n) is 3.70. The maximum Gasteiger partial charge on any atom is 0.145 e. The Balaban J connectivity index is 2.54. The Kier molecular flexibility index (Phi) is 3.13. The predicted octanol–water partition coefficient (Wildman–Crippen LogP) is 0.250. The SMILES string of the molecule is N#CC(C#N)=CN1CCOCC1. The van der Waals surface area contributed by atoms with Crippen molar-refractivity contribution in [1.29, 1.82) is 10.5 Å². The van der Waals surface area contributed by atoms with Crippen LogP contribution in [0.3, 0.4) is 0 Å². The van der Waals surface area contributed by atoms with Crippen LogP contribution >= 0.6 is 0 Å². The lowest BCUT2D eigenvalue weighted by Gasteiger charge is -2.24. The van der Waals surface area contributed by atoms with Crippen molar-refractivity contribution in [3.05, 3.63) is 11.8 Å². The summed E-state index contributed by atoms with van der Waals surface area (Å²) < 4.78 is 5.11. The number of nitriles is 2. The van der Waals surface area contributed by atoms with Crippen molar-refractivity contribution in [3.63, 3.8) is 0 Å². The van der Waals surface area contributed by atoms with Crippen LogP contribution in [-0.4, -0.2) is 31.2 Å². The summed E-state index contributed by atoms with van der Waals surface area (Å²) in [6, 6.07) is 3.63. The van der Waals surface area contributed by atoms with Gasteiger partial charge in [-0.1, -0.05) is 0 Å². The summed E-state index contributed by atoms with van der Waals surface area (Å²) in [6.07, 6.45) is 1.59. The van der Waals surface area contributed by atoms with E-state index in [-0.39, 0.29) is 5.57 Å². The first-order valence-corrected chi connectivity index (χ1v) is 3.70. The zero-order valence-electron chi connectivity index (χ0n) is 6.66. The third kappa shape index (κ3) is 2.26. The van der Waals surface area contributed by atoms with Gasteiger partial charge in [-0.15, -0.1) is 0 Å². The van der Waals surface area contributed by atoms with Crippen molar-refractivity contribution in [2.75, 3.05) is 26.3 Å². The fraction of sp³-hybridized carbons (Fsp3) is 0.500. The molecule has 0 radical (unpaired) electrons. The number of ether oxygens (including phenoxy) is 1. The van der Waals surface area contributed by atoms with Crippen LogP contribution in [-0.2, 0) is 4.74 Å². The fourth-order valence-corrected chi connectivity index (χ4v) is 0.972. The molecule has 4 nitrogen and oxygen atoms in total. The van der Waals surface area contributed by atoms with Crippen LogP contribution in [0.15, 0.2) is 11.8 Å². The summed E-state index contributed by atoms with van der Waals surface area (Å²) in [7, 11) is 0. The molecule has 0 aliphatic carbocycles. The monoisotopic (exact) mass is 163 g/mol. The molecule has 0 spiro atoms.